The predicted octanol–water partition coefficient (Wildman–Crippen LogP) is 3.87. The van der Waals surface area contributed by atoms with Crippen molar-refractivity contribution in [3.05, 3.63) is 35.4 Å². The molecule has 1 aromatic rings. The second kappa shape index (κ2) is 4.82. The van der Waals surface area contributed by atoms with Crippen LogP contribution < -0.4 is 0 Å². The van der Waals surface area contributed by atoms with Crippen LogP contribution in [0.5, 0.6) is 0 Å². The number of hydrogen-bond donors (Lipinski definition) is 0. The van der Waals surface area contributed by atoms with Crippen LogP contribution in [0.1, 0.15) is 49.0 Å². The van der Waals surface area contributed by atoms with Gasteiger partial charge in [0, 0.05) is 11.5 Å². The van der Waals surface area contributed by atoms with Gasteiger partial charge >= 0.3 is 0 Å². The number of fused-ring (bicyclic) bond motifs is 1. The van der Waals surface area contributed by atoms with Crippen molar-refractivity contribution >= 4 is 5.78 Å². The molecule has 0 fully saturated rings. The third-order valence-electron chi connectivity index (χ3n) is 3.41. The number of Topliss-reactive ketones (excluding diaryl/α,β-unsaturated/α-hetero) is 1. The van der Waals surface area contributed by atoms with E-state index in [2.05, 4.69) is 19.9 Å². The number of aryl methyl sites for hydroxylation is 1. The van der Waals surface area contributed by atoms with E-state index in [1.54, 1.807) is 0 Å². The summed E-state index contributed by atoms with van der Waals surface area (Å²) in [7, 11) is 0. The van der Waals surface area contributed by atoms with Gasteiger partial charge in [0.25, 0.3) is 0 Å². The Balaban J connectivity index is 2.26. The highest BCUT2D eigenvalue weighted by atomic mass is 16.1. The van der Waals surface area contributed by atoms with E-state index in [4.69, 9.17) is 0 Å². The predicted molar refractivity (Wildman–Crippen MR) is 66.7 cm³/mol. The van der Waals surface area contributed by atoms with Gasteiger partial charge in [-0.25, -0.2) is 0 Å². The maximum atomic E-state index is 12.4. The summed E-state index contributed by atoms with van der Waals surface area (Å²) in [5.41, 5.74) is 2.23. The van der Waals surface area contributed by atoms with E-state index in [9.17, 15) is 4.79 Å². The Morgan fingerprint density at radius 2 is 2.06 bits per heavy atom. The summed E-state index contributed by atoms with van der Waals surface area (Å²) in [5.74, 6) is 1.24. The van der Waals surface area contributed by atoms with Crippen LogP contribution in [0.4, 0.5) is 0 Å². The van der Waals surface area contributed by atoms with Crippen LogP contribution in [-0.2, 0) is 6.42 Å². The summed E-state index contributed by atoms with van der Waals surface area (Å²) in [6, 6.07) is 8.12. The largest absolute Gasteiger partial charge is 0.294 e. The van der Waals surface area contributed by atoms with Gasteiger partial charge in [0.05, 0.1) is 0 Å². The fraction of sp³-hybridized carbons (Fsp3) is 0.533. The second-order valence-corrected chi connectivity index (χ2v) is 5.24. The highest BCUT2D eigenvalue weighted by molar-refractivity contribution is 5.99. The molecule has 1 aliphatic carbocycles. The molecule has 0 radical (unpaired) electrons. The van der Waals surface area contributed by atoms with Gasteiger partial charge < -0.3 is 0 Å². The number of hydrogen-bond acceptors (Lipinski definition) is 1. The number of carbonyl (C=O) groups is 1. The lowest BCUT2D eigenvalue weighted by molar-refractivity contribution is 0.0899. The molecule has 2 rings (SSSR count). The van der Waals surface area contributed by atoms with Gasteiger partial charge in [-0.15, -0.1) is 0 Å². The summed E-state index contributed by atoms with van der Waals surface area (Å²) in [6.45, 7) is 4.40. The highest BCUT2D eigenvalue weighted by Crippen LogP contribution is 2.28. The quantitative estimate of drug-likeness (QED) is 0.686. The lowest BCUT2D eigenvalue weighted by Gasteiger charge is -2.15. The van der Waals surface area contributed by atoms with Crippen molar-refractivity contribution in [1.82, 2.24) is 0 Å². The monoisotopic (exact) mass is 216 g/mol. The van der Waals surface area contributed by atoms with Crippen molar-refractivity contribution in [3.63, 3.8) is 0 Å². The van der Waals surface area contributed by atoms with Crippen LogP contribution in [0.3, 0.4) is 0 Å². The molecule has 86 valence electrons. The normalized spacial score (nSPS) is 20.7. The van der Waals surface area contributed by atoms with Gasteiger partial charge in [0.2, 0.25) is 0 Å². The minimum Gasteiger partial charge on any atom is -0.294 e. The fourth-order valence-electron chi connectivity index (χ4n) is 2.66. The molecule has 0 aromatic heterocycles. The summed E-state index contributed by atoms with van der Waals surface area (Å²) < 4.78 is 0. The minimum absolute atomic E-state index is 0.253. The molecule has 1 atom stereocenters. The lowest BCUT2D eigenvalue weighted by atomic mass is 9.88. The maximum absolute atomic E-state index is 12.4. The Morgan fingerprint density at radius 1 is 1.31 bits per heavy atom. The Bertz CT molecular complexity index is 379. The van der Waals surface area contributed by atoms with Crippen molar-refractivity contribution in [2.75, 3.05) is 0 Å². The summed E-state index contributed by atoms with van der Waals surface area (Å²) in [5, 5.41) is 0. The van der Waals surface area contributed by atoms with E-state index in [0.717, 1.165) is 31.2 Å². The lowest BCUT2D eigenvalue weighted by Crippen LogP contribution is -2.16. The third-order valence-corrected chi connectivity index (χ3v) is 3.41. The van der Waals surface area contributed by atoms with Gasteiger partial charge in [-0.1, -0.05) is 38.1 Å². The fourth-order valence-corrected chi connectivity index (χ4v) is 2.66. The topological polar surface area (TPSA) is 17.1 Å². The van der Waals surface area contributed by atoms with Crippen LogP contribution in [-0.4, -0.2) is 5.78 Å². The number of rotatable bonds is 2. The number of carbonyl (C=O) groups excluding carboxylic acids is 1. The molecule has 0 spiro atoms. The molecular formula is C15H20O. The summed E-state index contributed by atoms with van der Waals surface area (Å²) in [6.07, 6.45) is 4.31. The number of ketones is 1. The molecular weight excluding hydrogens is 196 g/mol. The van der Waals surface area contributed by atoms with Crippen molar-refractivity contribution < 1.29 is 4.79 Å². The molecule has 1 unspecified atom stereocenters. The third kappa shape index (κ3) is 2.34. The minimum atomic E-state index is 0.253. The van der Waals surface area contributed by atoms with Crippen LogP contribution >= 0.6 is 0 Å². The first kappa shape index (κ1) is 11.4. The molecule has 16 heavy (non-hydrogen) atoms. The Morgan fingerprint density at radius 3 is 2.81 bits per heavy atom. The van der Waals surface area contributed by atoms with Crippen LogP contribution in [0, 0.1) is 11.8 Å². The first-order chi connectivity index (χ1) is 7.68. The van der Waals surface area contributed by atoms with Crippen molar-refractivity contribution in [3.8, 4) is 0 Å². The summed E-state index contributed by atoms with van der Waals surface area (Å²) in [4.78, 5) is 12.4. The van der Waals surface area contributed by atoms with Crippen LogP contribution in [0.25, 0.3) is 0 Å². The molecule has 0 heterocycles. The maximum Gasteiger partial charge on any atom is 0.166 e. The van der Waals surface area contributed by atoms with Crippen molar-refractivity contribution in [2.24, 2.45) is 11.8 Å². The van der Waals surface area contributed by atoms with E-state index in [0.29, 0.717) is 11.7 Å². The molecule has 0 amide bonds. The van der Waals surface area contributed by atoms with Crippen molar-refractivity contribution in [1.29, 1.82) is 0 Å². The van der Waals surface area contributed by atoms with Crippen LogP contribution in [0.15, 0.2) is 24.3 Å². The van der Waals surface area contributed by atoms with Gasteiger partial charge in [-0.3, -0.25) is 4.79 Å². The smallest absolute Gasteiger partial charge is 0.166 e. The molecule has 1 heteroatoms. The van der Waals surface area contributed by atoms with Crippen LogP contribution in [0.2, 0.25) is 0 Å². The van der Waals surface area contributed by atoms with E-state index in [-0.39, 0.29) is 5.92 Å². The first-order valence-electron chi connectivity index (χ1n) is 6.30. The van der Waals surface area contributed by atoms with Gasteiger partial charge in [-0.05, 0) is 37.2 Å². The molecule has 0 saturated heterocycles. The Hall–Kier alpha value is -1.11. The molecule has 1 nitrogen and oxygen atoms in total. The molecule has 1 aromatic carbocycles. The standard InChI is InChI=1S/C15H20O/c1-11(2)10-13-8-5-7-12-6-3-4-9-14(12)15(13)16/h3-4,6,9,11,13H,5,7-8,10H2,1-2H3. The van der Waals surface area contributed by atoms with Gasteiger partial charge in [0.1, 0.15) is 0 Å². The molecule has 0 bridgehead atoms. The number of benzene rings is 1. The molecule has 0 N–H and O–H groups in total. The SMILES string of the molecule is CC(C)CC1CCCc2ccccc2C1=O. The van der Waals surface area contributed by atoms with Crippen molar-refractivity contribution in [2.45, 2.75) is 39.5 Å². The molecule has 0 aliphatic heterocycles. The van der Waals surface area contributed by atoms with Gasteiger partial charge in [0.15, 0.2) is 5.78 Å². The van der Waals surface area contributed by atoms with E-state index >= 15 is 0 Å². The summed E-state index contributed by atoms with van der Waals surface area (Å²) >= 11 is 0. The highest BCUT2D eigenvalue weighted by Gasteiger charge is 2.25. The van der Waals surface area contributed by atoms with Gasteiger partial charge in [-0.2, -0.15) is 0 Å². The zero-order valence-corrected chi connectivity index (χ0v) is 10.2. The zero-order valence-electron chi connectivity index (χ0n) is 10.2. The second-order valence-electron chi connectivity index (χ2n) is 5.24. The molecule has 0 saturated carbocycles. The Kier molecular flexibility index (Phi) is 3.42. The first-order valence-corrected chi connectivity index (χ1v) is 6.30. The average molecular weight is 216 g/mol. The molecule has 1 aliphatic rings. The Labute approximate surface area is 97.9 Å². The van der Waals surface area contributed by atoms with E-state index < -0.39 is 0 Å². The zero-order chi connectivity index (χ0) is 11.5. The van der Waals surface area contributed by atoms with E-state index in [1.165, 1.54) is 5.56 Å². The van der Waals surface area contributed by atoms with E-state index in [1.807, 2.05) is 18.2 Å². The average Bonchev–Trinajstić information content (AvgIpc) is 2.40.